The van der Waals surface area contributed by atoms with Crippen LogP contribution < -0.4 is 4.74 Å². The summed E-state index contributed by atoms with van der Waals surface area (Å²) in [6, 6.07) is 10.0. The Kier molecular flexibility index (Phi) is 8.18. The van der Waals surface area contributed by atoms with Crippen molar-refractivity contribution < 1.29 is 47.5 Å². The Morgan fingerprint density at radius 2 is 1.79 bits per heavy atom. The number of rotatable bonds is 7. The molecule has 0 bridgehead atoms. The van der Waals surface area contributed by atoms with Crippen molar-refractivity contribution in [3.05, 3.63) is 64.3 Å². The minimum absolute atomic E-state index is 0.0000431. The van der Waals surface area contributed by atoms with E-state index in [1.165, 1.54) is 13.0 Å². The van der Waals surface area contributed by atoms with Crippen LogP contribution in [0.4, 0.5) is 13.2 Å². The average Bonchev–Trinajstić information content (AvgIpc) is 3.72. The van der Waals surface area contributed by atoms with Gasteiger partial charge in [-0.05, 0) is 79.5 Å². The lowest BCUT2D eigenvalue weighted by atomic mass is 9.91. The zero-order valence-electron chi connectivity index (χ0n) is 23.8. The van der Waals surface area contributed by atoms with Gasteiger partial charge in [0.1, 0.15) is 30.7 Å². The SMILES string of the molecule is C[C@H]1O[C@H](OC(=O)C[C@H]2CCc3c2[nH]c2ccc(OCc4ccc(C5CCCC5)c(C(F)(F)F)c4)cc32)[C@H](O)[C@@H](O)[C@@H]1O. The molecular weight excluding hydrogens is 567 g/mol. The number of alkyl halides is 3. The van der Waals surface area contributed by atoms with Crippen LogP contribution in [0.15, 0.2) is 36.4 Å². The number of aliphatic hydroxyl groups excluding tert-OH is 3. The van der Waals surface area contributed by atoms with Crippen molar-refractivity contribution in [3.63, 3.8) is 0 Å². The molecule has 6 atom stereocenters. The van der Waals surface area contributed by atoms with Gasteiger partial charge in [0.25, 0.3) is 0 Å². The Morgan fingerprint density at radius 1 is 1.02 bits per heavy atom. The van der Waals surface area contributed by atoms with Gasteiger partial charge in [-0.25, -0.2) is 0 Å². The van der Waals surface area contributed by atoms with Gasteiger partial charge in [0.2, 0.25) is 6.29 Å². The highest BCUT2D eigenvalue weighted by Crippen LogP contribution is 2.43. The fourth-order valence-electron chi connectivity index (χ4n) is 6.81. The number of fused-ring (bicyclic) bond motifs is 3. The van der Waals surface area contributed by atoms with E-state index in [0.29, 0.717) is 29.7 Å². The zero-order valence-corrected chi connectivity index (χ0v) is 23.8. The molecule has 2 heterocycles. The van der Waals surface area contributed by atoms with Crippen molar-refractivity contribution in [1.29, 1.82) is 0 Å². The molecule has 232 valence electrons. The number of carbonyl (C=O) groups excluding carboxylic acids is 1. The van der Waals surface area contributed by atoms with Gasteiger partial charge in [0.05, 0.1) is 18.1 Å². The molecule has 0 amide bonds. The highest BCUT2D eigenvalue weighted by molar-refractivity contribution is 5.87. The second kappa shape index (κ2) is 11.8. The Bertz CT molecular complexity index is 1480. The lowest BCUT2D eigenvalue weighted by Gasteiger charge is -2.38. The summed E-state index contributed by atoms with van der Waals surface area (Å²) < 4.78 is 58.3. The number of carbonyl (C=O) groups is 1. The van der Waals surface area contributed by atoms with Gasteiger partial charge in [-0.2, -0.15) is 13.2 Å². The highest BCUT2D eigenvalue weighted by atomic mass is 19.4. The third-order valence-electron chi connectivity index (χ3n) is 9.15. The maximum atomic E-state index is 13.9. The van der Waals surface area contributed by atoms with Gasteiger partial charge in [0, 0.05) is 22.5 Å². The summed E-state index contributed by atoms with van der Waals surface area (Å²) in [5.74, 6) is -0.276. The summed E-state index contributed by atoms with van der Waals surface area (Å²) in [4.78, 5) is 16.1. The first-order valence-electron chi connectivity index (χ1n) is 14.9. The smallest absolute Gasteiger partial charge is 0.416 e. The summed E-state index contributed by atoms with van der Waals surface area (Å²) in [5.41, 5.74) is 3.06. The lowest BCUT2D eigenvalue weighted by Crippen LogP contribution is -2.57. The van der Waals surface area contributed by atoms with Crippen LogP contribution >= 0.6 is 0 Å². The average molecular weight is 604 g/mol. The Morgan fingerprint density at radius 3 is 2.53 bits per heavy atom. The van der Waals surface area contributed by atoms with Crippen LogP contribution in [0.3, 0.4) is 0 Å². The quantitative estimate of drug-likeness (QED) is 0.274. The van der Waals surface area contributed by atoms with E-state index in [9.17, 15) is 33.3 Å². The summed E-state index contributed by atoms with van der Waals surface area (Å²) in [5, 5.41) is 30.9. The molecule has 6 rings (SSSR count). The minimum Gasteiger partial charge on any atom is -0.489 e. The number of aromatic amines is 1. The van der Waals surface area contributed by atoms with Gasteiger partial charge in [-0.15, -0.1) is 0 Å². The molecule has 4 N–H and O–H groups in total. The van der Waals surface area contributed by atoms with Crippen LogP contribution in [0.2, 0.25) is 0 Å². The highest BCUT2D eigenvalue weighted by Gasteiger charge is 2.44. The maximum Gasteiger partial charge on any atom is 0.416 e. The molecule has 1 saturated heterocycles. The van der Waals surface area contributed by atoms with Crippen molar-refractivity contribution in [3.8, 4) is 5.75 Å². The number of hydrogen-bond donors (Lipinski definition) is 4. The van der Waals surface area contributed by atoms with E-state index in [0.717, 1.165) is 47.8 Å². The largest absolute Gasteiger partial charge is 0.489 e. The molecule has 0 unspecified atom stereocenters. The van der Waals surface area contributed by atoms with Crippen molar-refractivity contribution in [2.75, 3.05) is 0 Å². The van der Waals surface area contributed by atoms with Gasteiger partial charge < -0.3 is 34.5 Å². The van der Waals surface area contributed by atoms with Crippen molar-refractivity contribution in [2.45, 2.75) is 107 Å². The summed E-state index contributed by atoms with van der Waals surface area (Å²) >= 11 is 0. The lowest BCUT2D eigenvalue weighted by molar-refractivity contribution is -0.284. The molecule has 43 heavy (non-hydrogen) atoms. The number of benzene rings is 2. The number of aromatic nitrogens is 1. The normalized spacial score (nSPS) is 27.9. The fraction of sp³-hybridized carbons (Fsp3) is 0.531. The third kappa shape index (κ3) is 6.00. The van der Waals surface area contributed by atoms with Gasteiger partial charge in [-0.1, -0.05) is 25.0 Å². The summed E-state index contributed by atoms with van der Waals surface area (Å²) in [7, 11) is 0. The van der Waals surface area contributed by atoms with Crippen LogP contribution in [-0.2, 0) is 33.5 Å². The van der Waals surface area contributed by atoms with Gasteiger partial charge in [-0.3, -0.25) is 4.79 Å². The number of halogens is 3. The molecule has 2 aliphatic carbocycles. The minimum atomic E-state index is -4.42. The van der Waals surface area contributed by atoms with Gasteiger partial charge in [0.15, 0.2) is 0 Å². The zero-order chi connectivity index (χ0) is 30.5. The van der Waals surface area contributed by atoms with E-state index in [4.69, 9.17) is 14.2 Å². The number of ether oxygens (including phenoxy) is 3. The fourth-order valence-corrected chi connectivity index (χ4v) is 6.81. The second-order valence-corrected chi connectivity index (χ2v) is 12.0. The van der Waals surface area contributed by atoms with Crippen molar-refractivity contribution in [2.24, 2.45) is 0 Å². The molecule has 3 aliphatic rings. The van der Waals surface area contributed by atoms with E-state index in [1.54, 1.807) is 18.2 Å². The standard InChI is InChI=1S/C32H36F3NO7/c1-16-28(38)29(39)30(40)31(42-16)43-26(37)13-19-7-10-22-23-14-20(8-11-25(23)36-27(19)22)41-15-17-6-9-21(18-4-2-3-5-18)24(12-17)32(33,34)35/h6,8-9,11-12,14,16,18-19,28-31,36,38-40H,2-5,7,10,13,15H2,1H3/t16-,19-,28-,29+,30-,31-/m1/s1. The monoisotopic (exact) mass is 603 g/mol. The third-order valence-corrected chi connectivity index (χ3v) is 9.15. The van der Waals surface area contributed by atoms with E-state index >= 15 is 0 Å². The number of nitrogens with one attached hydrogen (secondary N) is 1. The van der Waals surface area contributed by atoms with Crippen molar-refractivity contribution in [1.82, 2.24) is 4.98 Å². The first kappa shape index (κ1) is 29.9. The predicted octanol–water partition coefficient (Wildman–Crippen LogP) is 5.21. The first-order chi connectivity index (χ1) is 20.5. The molecule has 11 heteroatoms. The van der Waals surface area contributed by atoms with E-state index < -0.39 is 48.4 Å². The van der Waals surface area contributed by atoms with E-state index in [2.05, 4.69) is 4.98 Å². The Labute approximate surface area is 246 Å². The molecule has 2 aromatic carbocycles. The molecule has 8 nitrogen and oxygen atoms in total. The number of H-pyrrole nitrogens is 1. The molecule has 0 spiro atoms. The number of hydrogen-bond acceptors (Lipinski definition) is 7. The first-order valence-corrected chi connectivity index (χ1v) is 14.9. The molecule has 1 saturated carbocycles. The van der Waals surface area contributed by atoms with E-state index in [-0.39, 0.29) is 24.9 Å². The molecule has 1 aromatic heterocycles. The summed E-state index contributed by atoms with van der Waals surface area (Å²) in [6.07, 6.45) is -6.05. The number of aliphatic hydroxyl groups is 3. The topological polar surface area (TPSA) is 121 Å². The maximum absolute atomic E-state index is 13.9. The molecule has 3 aromatic rings. The Balaban J connectivity index is 1.12. The van der Waals surface area contributed by atoms with Crippen LogP contribution in [0.5, 0.6) is 5.75 Å². The summed E-state index contributed by atoms with van der Waals surface area (Å²) in [6.45, 7) is 1.51. The van der Waals surface area contributed by atoms with Crippen LogP contribution in [-0.4, -0.2) is 57.0 Å². The van der Waals surface area contributed by atoms with Crippen molar-refractivity contribution >= 4 is 16.9 Å². The predicted molar refractivity (Wildman–Crippen MR) is 149 cm³/mol. The molecule has 1 aliphatic heterocycles. The number of aryl methyl sites for hydroxylation is 1. The van der Waals surface area contributed by atoms with Crippen LogP contribution in [0.25, 0.3) is 10.9 Å². The molecule has 0 radical (unpaired) electrons. The number of esters is 1. The van der Waals surface area contributed by atoms with Crippen LogP contribution in [0.1, 0.15) is 85.2 Å². The van der Waals surface area contributed by atoms with Gasteiger partial charge >= 0.3 is 12.1 Å². The molecule has 2 fully saturated rings. The second-order valence-electron chi connectivity index (χ2n) is 12.0. The molecular formula is C32H36F3NO7. The Hall–Kier alpha value is -3.12. The van der Waals surface area contributed by atoms with Crippen LogP contribution in [0, 0.1) is 0 Å². The van der Waals surface area contributed by atoms with E-state index in [1.807, 2.05) is 12.1 Å².